The number of hydrogen-bond donors (Lipinski definition) is 0. The third-order valence-electron chi connectivity index (χ3n) is 3.57. The Morgan fingerprint density at radius 3 is 2.43 bits per heavy atom. The smallest absolute Gasteiger partial charge is 0.111 e. The number of benzene rings is 1. The second-order valence-electron chi connectivity index (χ2n) is 7.49. The zero-order chi connectivity index (χ0) is 15.8. The van der Waals surface area contributed by atoms with E-state index in [0.29, 0.717) is 5.88 Å². The molecule has 0 bridgehead atoms. The van der Waals surface area contributed by atoms with Gasteiger partial charge in [0.1, 0.15) is 5.82 Å². The number of aromatic nitrogens is 2. The van der Waals surface area contributed by atoms with E-state index in [2.05, 4.69) is 67.2 Å². The summed E-state index contributed by atoms with van der Waals surface area (Å²) in [5.41, 5.74) is 2.47. The third kappa shape index (κ3) is 3.81. The zero-order valence-corrected chi connectivity index (χ0v) is 15.8. The van der Waals surface area contributed by atoms with Gasteiger partial charge in [0.05, 0.1) is 11.0 Å². The minimum atomic E-state index is -0.00478. The summed E-state index contributed by atoms with van der Waals surface area (Å²) < 4.78 is 3.46. The molecular weight excluding hydrogens is 348 g/mol. The zero-order valence-electron chi connectivity index (χ0n) is 13.5. The van der Waals surface area contributed by atoms with Crippen molar-refractivity contribution in [2.24, 2.45) is 5.41 Å². The first-order valence-electron chi connectivity index (χ1n) is 7.37. The number of aryl methyl sites for hydroxylation is 1. The second kappa shape index (κ2) is 5.92. The monoisotopic (exact) mass is 370 g/mol. The second-order valence-corrected chi connectivity index (χ2v) is 8.78. The van der Waals surface area contributed by atoms with Crippen LogP contribution in [0.25, 0.3) is 11.0 Å². The molecule has 0 radical (unpaired) electrons. The number of imidazole rings is 1. The SMILES string of the molecule is CC(C)(C)CC(C)(C)n1c(CCCl)nc2ccc(Br)cc21. The molecule has 0 aliphatic heterocycles. The fourth-order valence-corrected chi connectivity index (χ4v) is 3.92. The van der Waals surface area contributed by atoms with E-state index in [0.717, 1.165) is 28.7 Å². The predicted octanol–water partition coefficient (Wildman–Crippen LogP) is 5.75. The Kier molecular flexibility index (Phi) is 4.75. The maximum atomic E-state index is 5.99. The van der Waals surface area contributed by atoms with E-state index in [1.165, 1.54) is 5.52 Å². The summed E-state index contributed by atoms with van der Waals surface area (Å²) in [6.45, 7) is 11.4. The van der Waals surface area contributed by atoms with E-state index in [-0.39, 0.29) is 11.0 Å². The molecule has 0 amide bonds. The molecule has 0 aliphatic carbocycles. The lowest BCUT2D eigenvalue weighted by Gasteiger charge is -2.35. The largest absolute Gasteiger partial charge is 0.322 e. The van der Waals surface area contributed by atoms with Gasteiger partial charge in [-0.2, -0.15) is 0 Å². The number of alkyl halides is 1. The molecule has 2 aromatic rings. The van der Waals surface area contributed by atoms with Gasteiger partial charge in [-0.1, -0.05) is 36.7 Å². The number of hydrogen-bond acceptors (Lipinski definition) is 1. The maximum Gasteiger partial charge on any atom is 0.111 e. The van der Waals surface area contributed by atoms with Gasteiger partial charge in [-0.05, 0) is 43.9 Å². The molecule has 2 nitrogen and oxygen atoms in total. The van der Waals surface area contributed by atoms with Crippen LogP contribution < -0.4 is 0 Å². The Morgan fingerprint density at radius 2 is 1.86 bits per heavy atom. The van der Waals surface area contributed by atoms with Crippen LogP contribution in [-0.2, 0) is 12.0 Å². The molecule has 0 atom stereocenters. The Balaban J connectivity index is 2.63. The quantitative estimate of drug-likeness (QED) is 0.625. The molecule has 0 spiro atoms. The highest BCUT2D eigenvalue weighted by molar-refractivity contribution is 9.10. The maximum absolute atomic E-state index is 5.99. The summed E-state index contributed by atoms with van der Waals surface area (Å²) in [5.74, 6) is 1.67. The molecule has 2 rings (SSSR count). The summed E-state index contributed by atoms with van der Waals surface area (Å²) in [4.78, 5) is 4.80. The van der Waals surface area contributed by atoms with Gasteiger partial charge >= 0.3 is 0 Å². The summed E-state index contributed by atoms with van der Waals surface area (Å²) in [6, 6.07) is 6.27. The van der Waals surface area contributed by atoms with Crippen LogP contribution in [-0.4, -0.2) is 15.4 Å². The van der Waals surface area contributed by atoms with Gasteiger partial charge in [-0.3, -0.25) is 0 Å². The van der Waals surface area contributed by atoms with Crippen molar-refractivity contribution in [2.75, 3.05) is 5.88 Å². The number of halogens is 2. The fourth-order valence-electron chi connectivity index (χ4n) is 3.40. The Bertz CT molecular complexity index is 638. The van der Waals surface area contributed by atoms with Crippen molar-refractivity contribution in [1.82, 2.24) is 9.55 Å². The van der Waals surface area contributed by atoms with Crippen LogP contribution in [0.2, 0.25) is 0 Å². The molecule has 1 aromatic carbocycles. The molecule has 0 unspecified atom stereocenters. The molecule has 1 heterocycles. The van der Waals surface area contributed by atoms with Gasteiger partial charge < -0.3 is 4.57 Å². The molecule has 1 aromatic heterocycles. The highest BCUT2D eigenvalue weighted by Crippen LogP contribution is 2.36. The van der Waals surface area contributed by atoms with Crippen molar-refractivity contribution in [3.63, 3.8) is 0 Å². The topological polar surface area (TPSA) is 17.8 Å². The minimum Gasteiger partial charge on any atom is -0.322 e. The highest BCUT2D eigenvalue weighted by atomic mass is 79.9. The predicted molar refractivity (Wildman–Crippen MR) is 95.3 cm³/mol. The molecule has 4 heteroatoms. The minimum absolute atomic E-state index is 0.00478. The van der Waals surface area contributed by atoms with Crippen LogP contribution in [0.1, 0.15) is 46.9 Å². The summed E-state index contributed by atoms with van der Waals surface area (Å²) >= 11 is 9.56. The Hall–Kier alpha value is -0.540. The van der Waals surface area contributed by atoms with Crippen molar-refractivity contribution in [2.45, 2.75) is 53.0 Å². The van der Waals surface area contributed by atoms with Crippen molar-refractivity contribution in [1.29, 1.82) is 0 Å². The van der Waals surface area contributed by atoms with E-state index in [1.807, 2.05) is 6.07 Å². The number of nitrogens with zero attached hydrogens (tertiary/aromatic N) is 2. The molecule has 21 heavy (non-hydrogen) atoms. The standard InChI is InChI=1S/C17H24BrClN2/c1-16(2,3)11-17(4,5)21-14-10-12(18)6-7-13(14)20-15(21)8-9-19/h6-7,10H,8-9,11H2,1-5H3. The highest BCUT2D eigenvalue weighted by Gasteiger charge is 2.30. The third-order valence-corrected chi connectivity index (χ3v) is 4.25. The summed E-state index contributed by atoms with van der Waals surface area (Å²) in [7, 11) is 0. The molecule has 0 saturated carbocycles. The summed E-state index contributed by atoms with van der Waals surface area (Å²) in [6.07, 6.45) is 1.87. The van der Waals surface area contributed by atoms with E-state index in [9.17, 15) is 0 Å². The van der Waals surface area contributed by atoms with Crippen LogP contribution in [0, 0.1) is 5.41 Å². The lowest BCUT2D eigenvalue weighted by Crippen LogP contribution is -2.33. The Labute approximate surface area is 141 Å². The molecule has 0 fully saturated rings. The Morgan fingerprint density at radius 1 is 1.19 bits per heavy atom. The normalized spacial score (nSPS) is 13.1. The van der Waals surface area contributed by atoms with Crippen LogP contribution in [0.3, 0.4) is 0 Å². The molecule has 0 saturated heterocycles. The first-order chi connectivity index (χ1) is 9.64. The lowest BCUT2D eigenvalue weighted by atomic mass is 9.81. The summed E-state index contributed by atoms with van der Waals surface area (Å²) in [5, 5.41) is 0. The van der Waals surface area contributed by atoms with Crippen molar-refractivity contribution >= 4 is 38.6 Å². The molecule has 0 aliphatic rings. The van der Waals surface area contributed by atoms with Crippen molar-refractivity contribution < 1.29 is 0 Å². The molecule has 0 N–H and O–H groups in total. The van der Waals surface area contributed by atoms with E-state index >= 15 is 0 Å². The van der Waals surface area contributed by atoms with Gasteiger partial charge in [-0.15, -0.1) is 11.6 Å². The van der Waals surface area contributed by atoms with Gasteiger partial charge in [0.2, 0.25) is 0 Å². The van der Waals surface area contributed by atoms with Crippen LogP contribution in [0.5, 0.6) is 0 Å². The molecular formula is C17H24BrClN2. The average molecular weight is 372 g/mol. The van der Waals surface area contributed by atoms with Gasteiger partial charge in [0.25, 0.3) is 0 Å². The number of fused-ring (bicyclic) bond motifs is 1. The average Bonchev–Trinajstić information content (AvgIpc) is 2.64. The number of rotatable bonds is 4. The fraction of sp³-hybridized carbons (Fsp3) is 0.588. The molecule has 116 valence electrons. The first-order valence-corrected chi connectivity index (χ1v) is 8.70. The van der Waals surface area contributed by atoms with E-state index in [1.54, 1.807) is 0 Å². The van der Waals surface area contributed by atoms with Gasteiger partial charge in [0, 0.05) is 22.3 Å². The lowest BCUT2D eigenvalue weighted by molar-refractivity contribution is 0.215. The van der Waals surface area contributed by atoms with E-state index in [4.69, 9.17) is 16.6 Å². The van der Waals surface area contributed by atoms with Crippen LogP contribution >= 0.6 is 27.5 Å². The van der Waals surface area contributed by atoms with Gasteiger partial charge in [0.15, 0.2) is 0 Å². The van der Waals surface area contributed by atoms with Crippen LogP contribution in [0.4, 0.5) is 0 Å². The first kappa shape index (κ1) is 16.8. The van der Waals surface area contributed by atoms with Crippen LogP contribution in [0.15, 0.2) is 22.7 Å². The van der Waals surface area contributed by atoms with E-state index < -0.39 is 0 Å². The van der Waals surface area contributed by atoms with Gasteiger partial charge in [-0.25, -0.2) is 4.98 Å². The van der Waals surface area contributed by atoms with Crippen molar-refractivity contribution in [3.05, 3.63) is 28.5 Å². The van der Waals surface area contributed by atoms with Crippen molar-refractivity contribution in [3.8, 4) is 0 Å².